The van der Waals surface area contributed by atoms with E-state index in [2.05, 4.69) is 54.5 Å². The maximum Gasteiger partial charge on any atom is 0.407 e. The van der Waals surface area contributed by atoms with Gasteiger partial charge in [-0.3, -0.25) is 19.5 Å². The molecular formula is C43H49N9O6. The van der Waals surface area contributed by atoms with Gasteiger partial charge in [-0.2, -0.15) is 0 Å². The minimum Gasteiger partial charge on any atom is -0.465 e. The lowest BCUT2D eigenvalue weighted by molar-refractivity contribution is -0.137. The zero-order chi connectivity index (χ0) is 40.9. The van der Waals surface area contributed by atoms with Gasteiger partial charge in [0.1, 0.15) is 23.7 Å². The molecule has 4 atom stereocenters. The Morgan fingerprint density at radius 2 is 1.33 bits per heavy atom. The highest BCUT2D eigenvalue weighted by atomic mass is 16.5. The molecule has 0 aliphatic carbocycles. The Kier molecular flexibility index (Phi) is 11.9. The predicted molar refractivity (Wildman–Crippen MR) is 216 cm³/mol. The maximum atomic E-state index is 13.9. The van der Waals surface area contributed by atoms with Gasteiger partial charge in [0, 0.05) is 39.0 Å². The second-order valence-corrected chi connectivity index (χ2v) is 15.2. The molecule has 3 aromatic heterocycles. The van der Waals surface area contributed by atoms with Crippen LogP contribution < -0.4 is 5.32 Å². The molecule has 2 aromatic carbocycles. The fourth-order valence-corrected chi connectivity index (χ4v) is 7.95. The molecule has 15 heteroatoms. The molecule has 2 saturated heterocycles. The lowest BCUT2D eigenvalue weighted by atomic mass is 10.0. The summed E-state index contributed by atoms with van der Waals surface area (Å²) in [5, 5.41) is 12.5. The van der Waals surface area contributed by atoms with Crippen molar-refractivity contribution in [2.45, 2.75) is 70.1 Å². The van der Waals surface area contributed by atoms with Crippen molar-refractivity contribution in [1.29, 1.82) is 0 Å². The van der Waals surface area contributed by atoms with Gasteiger partial charge in [0.05, 0.1) is 43.0 Å². The summed E-state index contributed by atoms with van der Waals surface area (Å²) in [7, 11) is 2.71. The van der Waals surface area contributed by atoms with Gasteiger partial charge in [0.15, 0.2) is 0 Å². The largest absolute Gasteiger partial charge is 0.465 e. The van der Waals surface area contributed by atoms with E-state index < -0.39 is 24.3 Å². The van der Waals surface area contributed by atoms with Crippen LogP contribution in [0.5, 0.6) is 0 Å². The van der Waals surface area contributed by atoms with Crippen LogP contribution in [0.15, 0.2) is 85.5 Å². The van der Waals surface area contributed by atoms with Crippen molar-refractivity contribution in [3.05, 3.63) is 103 Å². The molecule has 0 radical (unpaired) electrons. The lowest BCUT2D eigenvalue weighted by Crippen LogP contribution is -2.51. The van der Waals surface area contributed by atoms with Gasteiger partial charge in [-0.05, 0) is 65.5 Å². The number of H-pyrrole nitrogens is 2. The first-order chi connectivity index (χ1) is 28.0. The van der Waals surface area contributed by atoms with Crippen LogP contribution in [0.25, 0.3) is 33.6 Å². The molecule has 4 N–H and O–H groups in total. The average Bonchev–Trinajstić information content (AvgIpc) is 4.09. The van der Waals surface area contributed by atoms with Gasteiger partial charge in [0.2, 0.25) is 11.8 Å². The summed E-state index contributed by atoms with van der Waals surface area (Å²) in [6.07, 6.45) is 8.42. The number of ether oxygens (including phenoxy) is 1. The fraction of sp³-hybridized carbons (Fsp3) is 0.372. The first kappa shape index (κ1) is 39.7. The van der Waals surface area contributed by atoms with E-state index in [0.29, 0.717) is 24.7 Å². The molecule has 4 amide bonds. The number of alkyl carbamates (subject to hydrolysis) is 1. The number of hydrogen-bond donors (Lipinski definition) is 4. The van der Waals surface area contributed by atoms with E-state index in [0.717, 1.165) is 69.8 Å². The van der Waals surface area contributed by atoms with Gasteiger partial charge < -0.3 is 34.9 Å². The number of hydrogen-bond acceptors (Lipinski definition) is 8. The molecule has 5 heterocycles. The van der Waals surface area contributed by atoms with Gasteiger partial charge in [-0.15, -0.1) is 0 Å². The number of carbonyl (C=O) groups is 4. The van der Waals surface area contributed by atoms with E-state index in [1.165, 1.54) is 14.2 Å². The number of rotatable bonds is 12. The number of carboxylic acid groups (broad SMARTS) is 1. The molecule has 0 bridgehead atoms. The Labute approximate surface area is 336 Å². The molecule has 0 unspecified atom stereocenters. The zero-order valence-corrected chi connectivity index (χ0v) is 33.1. The first-order valence-corrected chi connectivity index (χ1v) is 19.6. The van der Waals surface area contributed by atoms with Gasteiger partial charge in [-0.1, -0.05) is 68.4 Å². The Morgan fingerprint density at radius 1 is 0.810 bits per heavy atom. The number of methoxy groups -OCH3 is 1. The Bertz CT molecular complexity index is 2220. The van der Waals surface area contributed by atoms with Crippen LogP contribution in [0.4, 0.5) is 9.59 Å². The third-order valence-electron chi connectivity index (χ3n) is 11.2. The summed E-state index contributed by atoms with van der Waals surface area (Å²) in [6, 6.07) is 17.9. The summed E-state index contributed by atoms with van der Waals surface area (Å²) in [4.78, 5) is 76.4. The van der Waals surface area contributed by atoms with Crippen molar-refractivity contribution >= 4 is 24.0 Å². The number of aromatic nitrogens is 5. The Hall–Kier alpha value is -6.51. The van der Waals surface area contributed by atoms with Crippen molar-refractivity contribution in [2.75, 3.05) is 27.2 Å². The second-order valence-electron chi connectivity index (χ2n) is 15.2. The Morgan fingerprint density at radius 3 is 1.79 bits per heavy atom. The molecule has 2 aliphatic rings. The fourth-order valence-electron chi connectivity index (χ4n) is 7.95. The smallest absolute Gasteiger partial charge is 0.407 e. The SMILES string of the molecule is COC(=O)N[C@H](C(=O)N1CCC[C@H]1c1ncc(-c2ccc(-c3ccc(-c4cnc([C@@H]5CCCN5C(=O)[C@H](Cc5cccnc5)N(C)C(=O)O)[nH]4)cc3)cc2)[nH]1)C(C)C. The number of pyridine rings is 1. The molecular weight excluding hydrogens is 739 g/mol. The van der Waals surface area contributed by atoms with E-state index in [-0.39, 0.29) is 36.2 Å². The molecule has 15 nitrogen and oxygen atoms in total. The van der Waals surface area contributed by atoms with E-state index >= 15 is 0 Å². The van der Waals surface area contributed by atoms with E-state index in [1.807, 2.05) is 44.2 Å². The predicted octanol–water partition coefficient (Wildman–Crippen LogP) is 6.46. The van der Waals surface area contributed by atoms with E-state index in [1.54, 1.807) is 40.7 Å². The number of likely N-dealkylation sites (tertiary alicyclic amines) is 2. The number of likely N-dealkylation sites (N-methyl/N-ethyl adjacent to an activating group) is 1. The average molecular weight is 788 g/mol. The molecule has 5 aromatic rings. The van der Waals surface area contributed by atoms with Crippen LogP contribution in [-0.4, -0.2) is 108 Å². The highest BCUT2D eigenvalue weighted by Gasteiger charge is 2.39. The lowest BCUT2D eigenvalue weighted by Gasteiger charge is -2.31. The van der Waals surface area contributed by atoms with Crippen molar-refractivity contribution in [3.63, 3.8) is 0 Å². The van der Waals surface area contributed by atoms with Crippen LogP contribution in [-0.2, 0) is 20.7 Å². The summed E-state index contributed by atoms with van der Waals surface area (Å²) >= 11 is 0. The normalized spacial score (nSPS) is 17.6. The Balaban J connectivity index is 1.01. The van der Waals surface area contributed by atoms with Gasteiger partial charge in [0.25, 0.3) is 0 Å². The van der Waals surface area contributed by atoms with Gasteiger partial charge in [-0.25, -0.2) is 19.6 Å². The number of benzene rings is 2. The standard InChI is InChI=1S/C43H49N9O6/c1-26(2)37(49-42(55)58-4)41(54)52-21-7-10-35(52)39-46-25-33(48-39)31-17-13-29(14-18-31)28-11-15-30(16-12-28)32-24-45-38(47-32)34-9-6-20-51(34)40(53)36(50(3)43(56)57)22-27-8-5-19-44-23-27/h5,8,11-19,23-26,34-37H,6-7,9-10,20-22H2,1-4H3,(H,45,47)(H,46,48)(H,49,55)(H,56,57)/t34-,35-,36-,37-/m0/s1. The van der Waals surface area contributed by atoms with Crippen molar-refractivity contribution in [3.8, 4) is 33.6 Å². The molecule has 7 rings (SSSR count). The van der Waals surface area contributed by atoms with E-state index in [4.69, 9.17) is 4.74 Å². The first-order valence-electron chi connectivity index (χ1n) is 19.6. The number of nitrogens with zero attached hydrogens (tertiary/aromatic N) is 6. The van der Waals surface area contributed by atoms with Gasteiger partial charge >= 0.3 is 12.2 Å². The molecule has 58 heavy (non-hydrogen) atoms. The van der Waals surface area contributed by atoms with Crippen molar-refractivity contribution < 1.29 is 29.0 Å². The van der Waals surface area contributed by atoms with Crippen LogP contribution in [0.2, 0.25) is 0 Å². The van der Waals surface area contributed by atoms with Crippen LogP contribution in [0.1, 0.15) is 68.8 Å². The van der Waals surface area contributed by atoms with Crippen molar-refractivity contribution in [1.82, 2.24) is 44.9 Å². The summed E-state index contributed by atoms with van der Waals surface area (Å²) in [5.74, 6) is 0.870. The third-order valence-corrected chi connectivity index (χ3v) is 11.2. The van der Waals surface area contributed by atoms with Crippen LogP contribution in [0, 0.1) is 5.92 Å². The number of nitrogens with one attached hydrogen (secondary N) is 3. The highest BCUT2D eigenvalue weighted by Crippen LogP contribution is 2.35. The molecule has 2 fully saturated rings. The topological polar surface area (TPSA) is 190 Å². The van der Waals surface area contributed by atoms with Crippen LogP contribution >= 0.6 is 0 Å². The van der Waals surface area contributed by atoms with E-state index in [9.17, 15) is 24.3 Å². The highest BCUT2D eigenvalue weighted by molar-refractivity contribution is 5.87. The monoisotopic (exact) mass is 787 g/mol. The zero-order valence-electron chi connectivity index (χ0n) is 33.1. The molecule has 2 aliphatic heterocycles. The molecule has 0 spiro atoms. The number of carbonyl (C=O) groups excluding carboxylic acids is 3. The number of imidazole rings is 2. The summed E-state index contributed by atoms with van der Waals surface area (Å²) in [6.45, 7) is 4.89. The minimum absolute atomic E-state index is 0.112. The van der Waals surface area contributed by atoms with Crippen LogP contribution in [0.3, 0.4) is 0 Å². The third kappa shape index (κ3) is 8.43. The quantitative estimate of drug-likeness (QED) is 0.110. The second kappa shape index (κ2) is 17.3. The minimum atomic E-state index is -1.17. The maximum absolute atomic E-state index is 13.9. The molecule has 0 saturated carbocycles. The summed E-state index contributed by atoms with van der Waals surface area (Å²) < 4.78 is 4.75. The molecule has 302 valence electrons. The number of aromatic amines is 2. The summed E-state index contributed by atoms with van der Waals surface area (Å²) in [5.41, 5.74) is 6.44. The number of amides is 4. The van der Waals surface area contributed by atoms with Crippen molar-refractivity contribution in [2.24, 2.45) is 5.92 Å².